The summed E-state index contributed by atoms with van der Waals surface area (Å²) in [7, 11) is 0. The van der Waals surface area contributed by atoms with E-state index in [1.54, 1.807) is 20.8 Å². The van der Waals surface area contributed by atoms with Gasteiger partial charge in [0.15, 0.2) is 6.29 Å². The van der Waals surface area contributed by atoms with Gasteiger partial charge in [-0.15, -0.1) is 0 Å². The number of aliphatic hydroxyl groups excluding tert-OH is 4. The van der Waals surface area contributed by atoms with E-state index in [4.69, 9.17) is 9.47 Å². The van der Waals surface area contributed by atoms with E-state index in [0.29, 0.717) is 0 Å². The molecule has 0 aromatic heterocycles. The summed E-state index contributed by atoms with van der Waals surface area (Å²) in [5.41, 5.74) is -0.698. The minimum atomic E-state index is -1.62. The fourth-order valence-electron chi connectivity index (χ4n) is 1.44. The topological polar surface area (TPSA) is 116 Å². The Morgan fingerprint density at radius 2 is 1.67 bits per heavy atom. The Balaban J connectivity index is 2.55. The van der Waals surface area contributed by atoms with Gasteiger partial charge in [0.1, 0.15) is 31.0 Å². The zero-order chi connectivity index (χ0) is 14.1. The first-order valence-electron chi connectivity index (χ1n) is 5.69. The molecule has 4 N–H and O–H groups in total. The number of hydrogen-bond donors (Lipinski definition) is 4. The molecule has 18 heavy (non-hydrogen) atoms. The van der Waals surface area contributed by atoms with Crippen molar-refractivity contribution in [2.45, 2.75) is 51.5 Å². The lowest BCUT2D eigenvalue weighted by Crippen LogP contribution is -2.58. The smallest absolute Gasteiger partial charge is 0.311 e. The highest BCUT2D eigenvalue weighted by Crippen LogP contribution is 2.21. The van der Waals surface area contributed by atoms with Crippen molar-refractivity contribution < 1.29 is 34.7 Å². The second-order valence-electron chi connectivity index (χ2n) is 5.39. The molecule has 0 spiro atoms. The predicted octanol–water partition coefficient (Wildman–Crippen LogP) is -1.62. The lowest BCUT2D eigenvalue weighted by molar-refractivity contribution is -0.287. The SMILES string of the molecule is CC(C)(C)C(=O)OC[C@H]1O[C@@H](O)[C@H](O)[C@@H](O)[C@H]1O. The predicted molar refractivity (Wildman–Crippen MR) is 59.3 cm³/mol. The quantitative estimate of drug-likeness (QED) is 0.443. The molecule has 1 rings (SSSR count). The van der Waals surface area contributed by atoms with Crippen molar-refractivity contribution in [1.29, 1.82) is 0 Å². The standard InChI is InChI=1S/C11H20O7/c1-11(2,3)10(16)17-4-5-6(12)7(13)8(14)9(15)18-5/h5-9,12-15H,4H2,1-3H3/t5-,6+,7+,8-,9-/m1/s1. The van der Waals surface area contributed by atoms with Crippen molar-refractivity contribution in [3.8, 4) is 0 Å². The van der Waals surface area contributed by atoms with E-state index < -0.39 is 42.1 Å². The average Bonchev–Trinajstić information content (AvgIpc) is 2.27. The fraction of sp³-hybridized carbons (Fsp3) is 0.909. The molecule has 5 atom stereocenters. The number of aliphatic hydroxyl groups is 4. The summed E-state index contributed by atoms with van der Waals surface area (Å²) in [5.74, 6) is -0.492. The molecule has 1 saturated heterocycles. The van der Waals surface area contributed by atoms with Gasteiger partial charge in [-0.05, 0) is 20.8 Å². The van der Waals surface area contributed by atoms with Crippen LogP contribution in [-0.2, 0) is 14.3 Å². The highest BCUT2D eigenvalue weighted by molar-refractivity contribution is 5.75. The van der Waals surface area contributed by atoms with Gasteiger partial charge in [-0.1, -0.05) is 0 Å². The molecule has 7 nitrogen and oxygen atoms in total. The lowest BCUT2D eigenvalue weighted by Gasteiger charge is -2.38. The first-order valence-corrected chi connectivity index (χ1v) is 5.69. The van der Waals surface area contributed by atoms with Gasteiger partial charge < -0.3 is 29.9 Å². The number of hydrogen-bond acceptors (Lipinski definition) is 7. The van der Waals surface area contributed by atoms with Gasteiger partial charge in [0.05, 0.1) is 5.41 Å². The molecular formula is C11H20O7. The van der Waals surface area contributed by atoms with E-state index in [-0.39, 0.29) is 6.61 Å². The molecule has 0 amide bonds. The summed E-state index contributed by atoms with van der Waals surface area (Å²) in [4.78, 5) is 11.5. The zero-order valence-corrected chi connectivity index (χ0v) is 10.6. The molecule has 1 heterocycles. The van der Waals surface area contributed by atoms with Crippen molar-refractivity contribution in [3.63, 3.8) is 0 Å². The number of rotatable bonds is 2. The fourth-order valence-corrected chi connectivity index (χ4v) is 1.44. The van der Waals surface area contributed by atoms with Gasteiger partial charge in [0, 0.05) is 0 Å². The van der Waals surface area contributed by atoms with Crippen molar-refractivity contribution in [3.05, 3.63) is 0 Å². The molecule has 0 bridgehead atoms. The van der Waals surface area contributed by atoms with E-state index in [2.05, 4.69) is 0 Å². The molecule has 0 aliphatic carbocycles. The Morgan fingerprint density at radius 3 is 2.17 bits per heavy atom. The maximum absolute atomic E-state index is 11.5. The van der Waals surface area contributed by atoms with Crippen molar-refractivity contribution >= 4 is 5.97 Å². The van der Waals surface area contributed by atoms with E-state index in [1.165, 1.54) is 0 Å². The molecule has 0 aromatic carbocycles. The van der Waals surface area contributed by atoms with Crippen LogP contribution < -0.4 is 0 Å². The Labute approximate surface area is 105 Å². The highest BCUT2D eigenvalue weighted by Gasteiger charge is 2.43. The van der Waals surface area contributed by atoms with Crippen LogP contribution in [-0.4, -0.2) is 63.7 Å². The maximum atomic E-state index is 11.5. The van der Waals surface area contributed by atoms with E-state index >= 15 is 0 Å². The van der Waals surface area contributed by atoms with E-state index in [0.717, 1.165) is 0 Å². The summed E-state index contributed by atoms with van der Waals surface area (Å²) in [5, 5.41) is 37.6. The Hall–Kier alpha value is -0.730. The minimum absolute atomic E-state index is 0.307. The summed E-state index contributed by atoms with van der Waals surface area (Å²) < 4.78 is 9.78. The first-order chi connectivity index (χ1) is 8.14. The van der Waals surface area contributed by atoms with E-state index in [1.807, 2.05) is 0 Å². The van der Waals surface area contributed by atoms with Crippen LogP contribution in [0.4, 0.5) is 0 Å². The number of ether oxygens (including phenoxy) is 2. The Morgan fingerprint density at radius 1 is 1.11 bits per heavy atom. The summed E-state index contributed by atoms with van der Waals surface area (Å²) >= 11 is 0. The molecule has 1 fully saturated rings. The van der Waals surface area contributed by atoms with Crippen molar-refractivity contribution in [2.75, 3.05) is 6.61 Å². The zero-order valence-electron chi connectivity index (χ0n) is 10.6. The summed E-state index contributed by atoms with van der Waals surface area (Å²) in [6.45, 7) is 4.70. The molecule has 106 valence electrons. The largest absolute Gasteiger partial charge is 0.462 e. The molecule has 0 aromatic rings. The number of carbonyl (C=O) groups excluding carboxylic acids is 1. The monoisotopic (exact) mass is 264 g/mol. The summed E-state index contributed by atoms with van der Waals surface area (Å²) in [6, 6.07) is 0. The number of carbonyl (C=O) groups is 1. The molecule has 1 aliphatic heterocycles. The van der Waals surface area contributed by atoms with Crippen LogP contribution in [0.25, 0.3) is 0 Å². The summed E-state index contributed by atoms with van der Waals surface area (Å²) in [6.07, 6.45) is -7.27. The first kappa shape index (κ1) is 15.3. The molecule has 0 unspecified atom stereocenters. The van der Waals surface area contributed by atoms with Crippen LogP contribution in [0.2, 0.25) is 0 Å². The third-order valence-electron chi connectivity index (χ3n) is 2.68. The van der Waals surface area contributed by atoms with E-state index in [9.17, 15) is 25.2 Å². The lowest BCUT2D eigenvalue weighted by atomic mass is 9.97. The van der Waals surface area contributed by atoms with Crippen LogP contribution in [0, 0.1) is 5.41 Å². The minimum Gasteiger partial charge on any atom is -0.462 e. The Bertz CT molecular complexity index is 298. The van der Waals surface area contributed by atoms with Gasteiger partial charge in [-0.25, -0.2) is 0 Å². The third kappa shape index (κ3) is 3.39. The van der Waals surface area contributed by atoms with Crippen LogP contribution in [0.5, 0.6) is 0 Å². The van der Waals surface area contributed by atoms with Crippen LogP contribution in [0.3, 0.4) is 0 Å². The second kappa shape index (κ2) is 5.50. The highest BCUT2D eigenvalue weighted by atomic mass is 16.6. The molecule has 1 aliphatic rings. The van der Waals surface area contributed by atoms with Crippen molar-refractivity contribution in [1.82, 2.24) is 0 Å². The van der Waals surface area contributed by atoms with Crippen molar-refractivity contribution in [2.24, 2.45) is 5.41 Å². The molecule has 7 heteroatoms. The van der Waals surface area contributed by atoms with Gasteiger partial charge in [-0.2, -0.15) is 0 Å². The van der Waals surface area contributed by atoms with Crippen LogP contribution >= 0.6 is 0 Å². The van der Waals surface area contributed by atoms with Gasteiger partial charge in [-0.3, -0.25) is 4.79 Å². The Kier molecular flexibility index (Phi) is 4.68. The second-order valence-corrected chi connectivity index (χ2v) is 5.39. The number of esters is 1. The van der Waals surface area contributed by atoms with Crippen LogP contribution in [0.15, 0.2) is 0 Å². The molecule has 0 radical (unpaired) electrons. The van der Waals surface area contributed by atoms with Gasteiger partial charge in [0.2, 0.25) is 0 Å². The normalized spacial score (nSPS) is 37.4. The van der Waals surface area contributed by atoms with Gasteiger partial charge in [0.25, 0.3) is 0 Å². The van der Waals surface area contributed by atoms with Gasteiger partial charge >= 0.3 is 5.97 Å². The maximum Gasteiger partial charge on any atom is 0.311 e. The van der Waals surface area contributed by atoms with Crippen LogP contribution in [0.1, 0.15) is 20.8 Å². The average molecular weight is 264 g/mol. The molecular weight excluding hydrogens is 244 g/mol. The third-order valence-corrected chi connectivity index (χ3v) is 2.68. The molecule has 0 saturated carbocycles.